The number of nitrogens with zero attached hydrogens (tertiary/aromatic N) is 1. The summed E-state index contributed by atoms with van der Waals surface area (Å²) in [6.45, 7) is 0. The van der Waals surface area contributed by atoms with Crippen LogP contribution in [-0.2, 0) is 0 Å². The lowest BCUT2D eigenvalue weighted by molar-refractivity contribution is 0.0994. The zero-order valence-corrected chi connectivity index (χ0v) is 17.2. The van der Waals surface area contributed by atoms with Crippen LogP contribution in [0.4, 0.5) is 9.52 Å². The Morgan fingerprint density at radius 3 is 2.41 bits per heavy atom. The molecule has 0 radical (unpaired) electrons. The van der Waals surface area contributed by atoms with Crippen LogP contribution >= 0.6 is 11.3 Å². The van der Waals surface area contributed by atoms with Crippen LogP contribution in [0.15, 0.2) is 36.4 Å². The van der Waals surface area contributed by atoms with Crippen LogP contribution in [-0.4, -0.2) is 31.2 Å². The molecule has 1 aromatic heterocycles. The first-order valence-corrected chi connectivity index (χ1v) is 10.2. The van der Waals surface area contributed by atoms with Gasteiger partial charge in [-0.1, -0.05) is 30.2 Å². The van der Waals surface area contributed by atoms with E-state index in [0.717, 1.165) is 15.3 Å². The van der Waals surface area contributed by atoms with E-state index in [1.54, 1.807) is 35.6 Å². The number of anilines is 1. The van der Waals surface area contributed by atoms with Gasteiger partial charge in [0.1, 0.15) is 22.9 Å². The molecule has 4 rings (SSSR count). The van der Waals surface area contributed by atoms with Gasteiger partial charge in [-0.15, -0.1) is 0 Å². The molecule has 0 bridgehead atoms. The Morgan fingerprint density at radius 2 is 1.83 bits per heavy atom. The highest BCUT2D eigenvalue weighted by atomic mass is 32.1. The second-order valence-corrected chi connectivity index (χ2v) is 7.69. The van der Waals surface area contributed by atoms with Gasteiger partial charge in [0.15, 0.2) is 5.13 Å². The fourth-order valence-corrected chi connectivity index (χ4v) is 4.22. The minimum absolute atomic E-state index is 0.217. The number of carbonyl (C=O) groups is 1. The molecule has 29 heavy (non-hydrogen) atoms. The standard InChI is InChI=1S/C12H13FN2S.C9H11NO3/c13-8-5-6-11-10(7-8)15-12(16-11)14-9-3-1-2-4-9;1-12-6-4-3-5-7(13-2)8(6)9(10)11/h5-7,9H,1-4H2,(H,14,15);3-5H,1-2H3,(H2,10,11). The molecule has 3 N–H and O–H groups in total. The molecule has 1 aliphatic rings. The van der Waals surface area contributed by atoms with E-state index in [2.05, 4.69) is 10.3 Å². The van der Waals surface area contributed by atoms with Gasteiger partial charge in [0, 0.05) is 12.1 Å². The Balaban J connectivity index is 0.000000170. The number of rotatable bonds is 5. The van der Waals surface area contributed by atoms with Crippen LogP contribution in [0, 0.1) is 5.82 Å². The van der Waals surface area contributed by atoms with E-state index < -0.39 is 5.91 Å². The van der Waals surface area contributed by atoms with E-state index in [4.69, 9.17) is 15.2 Å². The second kappa shape index (κ2) is 9.56. The molecule has 0 aliphatic heterocycles. The van der Waals surface area contributed by atoms with Crippen molar-refractivity contribution in [3.05, 3.63) is 47.8 Å². The van der Waals surface area contributed by atoms with E-state index in [9.17, 15) is 9.18 Å². The molecule has 1 saturated carbocycles. The normalized spacial score (nSPS) is 13.6. The number of hydrogen-bond donors (Lipinski definition) is 2. The van der Waals surface area contributed by atoms with Gasteiger partial charge in [0.2, 0.25) is 0 Å². The molecule has 2 aromatic carbocycles. The summed E-state index contributed by atoms with van der Waals surface area (Å²) in [6, 6.07) is 10.4. The Morgan fingerprint density at radius 1 is 1.17 bits per heavy atom. The van der Waals surface area contributed by atoms with E-state index in [0.29, 0.717) is 17.5 Å². The van der Waals surface area contributed by atoms with Crippen molar-refractivity contribution >= 4 is 32.6 Å². The highest BCUT2D eigenvalue weighted by Crippen LogP contribution is 2.29. The molecule has 1 heterocycles. The summed E-state index contributed by atoms with van der Waals surface area (Å²) in [5.74, 6) is 0.0678. The number of thiazole rings is 1. The number of hydrogen-bond acceptors (Lipinski definition) is 6. The van der Waals surface area contributed by atoms with E-state index in [1.807, 2.05) is 0 Å². The van der Waals surface area contributed by atoms with Crippen LogP contribution in [0.1, 0.15) is 36.0 Å². The molecule has 3 aromatic rings. The van der Waals surface area contributed by atoms with Crippen molar-refractivity contribution in [3.63, 3.8) is 0 Å². The molecule has 154 valence electrons. The van der Waals surface area contributed by atoms with Gasteiger partial charge in [-0.25, -0.2) is 9.37 Å². The predicted molar refractivity (Wildman–Crippen MR) is 114 cm³/mol. The number of nitrogens with two attached hydrogens (primary N) is 1. The number of methoxy groups -OCH3 is 2. The van der Waals surface area contributed by atoms with Gasteiger partial charge < -0.3 is 20.5 Å². The molecule has 0 unspecified atom stereocenters. The van der Waals surface area contributed by atoms with Gasteiger partial charge in [-0.05, 0) is 37.1 Å². The molecular formula is C21H24FN3O3S. The molecule has 1 aliphatic carbocycles. The maximum absolute atomic E-state index is 13.0. The first-order chi connectivity index (χ1) is 14.0. The molecule has 0 atom stereocenters. The zero-order chi connectivity index (χ0) is 20.8. The molecule has 8 heteroatoms. The number of benzene rings is 2. The number of ether oxygens (including phenoxy) is 2. The summed E-state index contributed by atoms with van der Waals surface area (Å²) in [6.07, 6.45) is 5.06. The van der Waals surface area contributed by atoms with Gasteiger partial charge in [0.25, 0.3) is 5.91 Å². The Hall–Kier alpha value is -2.87. The van der Waals surface area contributed by atoms with Crippen molar-refractivity contribution in [2.45, 2.75) is 31.7 Å². The van der Waals surface area contributed by atoms with Crippen molar-refractivity contribution in [3.8, 4) is 11.5 Å². The van der Waals surface area contributed by atoms with Crippen LogP contribution in [0.2, 0.25) is 0 Å². The largest absolute Gasteiger partial charge is 0.496 e. The van der Waals surface area contributed by atoms with E-state index in [1.165, 1.54) is 52.0 Å². The quantitative estimate of drug-likeness (QED) is 0.634. The molecule has 0 spiro atoms. The molecular weight excluding hydrogens is 393 g/mol. The van der Waals surface area contributed by atoms with E-state index in [-0.39, 0.29) is 11.4 Å². The van der Waals surface area contributed by atoms with Crippen molar-refractivity contribution in [2.24, 2.45) is 5.73 Å². The van der Waals surface area contributed by atoms with Crippen LogP contribution in [0.5, 0.6) is 11.5 Å². The number of carbonyl (C=O) groups excluding carboxylic acids is 1. The minimum Gasteiger partial charge on any atom is -0.496 e. The van der Waals surface area contributed by atoms with Crippen molar-refractivity contribution in [1.29, 1.82) is 0 Å². The number of nitrogens with one attached hydrogen (secondary N) is 1. The molecule has 1 fully saturated rings. The van der Waals surface area contributed by atoms with Crippen LogP contribution in [0.3, 0.4) is 0 Å². The fraction of sp³-hybridized carbons (Fsp3) is 0.333. The third-order valence-electron chi connectivity index (χ3n) is 4.71. The molecule has 6 nitrogen and oxygen atoms in total. The van der Waals surface area contributed by atoms with Gasteiger partial charge in [0.05, 0.1) is 24.4 Å². The third-order valence-corrected chi connectivity index (χ3v) is 5.67. The maximum Gasteiger partial charge on any atom is 0.256 e. The summed E-state index contributed by atoms with van der Waals surface area (Å²) >= 11 is 1.60. The lowest BCUT2D eigenvalue weighted by atomic mass is 10.1. The van der Waals surface area contributed by atoms with Crippen molar-refractivity contribution in [1.82, 2.24) is 4.98 Å². The average Bonchev–Trinajstić information content (AvgIpc) is 3.36. The van der Waals surface area contributed by atoms with Gasteiger partial charge >= 0.3 is 0 Å². The van der Waals surface area contributed by atoms with E-state index >= 15 is 0 Å². The lowest BCUT2D eigenvalue weighted by Gasteiger charge is -2.09. The smallest absolute Gasteiger partial charge is 0.256 e. The highest BCUT2D eigenvalue weighted by Gasteiger charge is 2.16. The number of amides is 1. The van der Waals surface area contributed by atoms with Crippen molar-refractivity contribution < 1.29 is 18.7 Å². The topological polar surface area (TPSA) is 86.5 Å². The molecule has 1 amide bonds. The first-order valence-electron chi connectivity index (χ1n) is 9.35. The maximum atomic E-state index is 13.0. The molecule has 0 saturated heterocycles. The SMILES string of the molecule is COc1cccc(OC)c1C(N)=O.Fc1ccc2sc(NC3CCCC3)nc2c1. The summed E-state index contributed by atoms with van der Waals surface area (Å²) in [4.78, 5) is 15.4. The van der Waals surface area contributed by atoms with Gasteiger partial charge in [-0.2, -0.15) is 0 Å². The Labute approximate surface area is 172 Å². The average molecular weight is 418 g/mol. The monoisotopic (exact) mass is 417 g/mol. The van der Waals surface area contributed by atoms with Crippen LogP contribution in [0.25, 0.3) is 10.2 Å². The van der Waals surface area contributed by atoms with Crippen LogP contribution < -0.4 is 20.5 Å². The Bertz CT molecular complexity index is 964. The summed E-state index contributed by atoms with van der Waals surface area (Å²) in [7, 11) is 2.95. The van der Waals surface area contributed by atoms with Crippen molar-refractivity contribution in [2.75, 3.05) is 19.5 Å². The van der Waals surface area contributed by atoms with Gasteiger partial charge in [-0.3, -0.25) is 4.79 Å². The first kappa shape index (κ1) is 20.9. The number of fused-ring (bicyclic) bond motifs is 1. The predicted octanol–water partition coefficient (Wildman–Crippen LogP) is 4.59. The zero-order valence-electron chi connectivity index (χ0n) is 16.4. The number of halogens is 1. The second-order valence-electron chi connectivity index (χ2n) is 6.66. The number of primary amides is 1. The summed E-state index contributed by atoms with van der Waals surface area (Å²) in [5, 5.41) is 4.36. The Kier molecular flexibility index (Phi) is 6.87. The fourth-order valence-electron chi connectivity index (χ4n) is 3.30. The third kappa shape index (κ3) is 5.14. The minimum atomic E-state index is -0.561. The summed E-state index contributed by atoms with van der Waals surface area (Å²) in [5.41, 5.74) is 6.19. The number of aromatic nitrogens is 1. The highest BCUT2D eigenvalue weighted by molar-refractivity contribution is 7.22. The lowest BCUT2D eigenvalue weighted by Crippen LogP contribution is -2.13. The summed E-state index contributed by atoms with van der Waals surface area (Å²) < 4.78 is 24.0.